The normalized spacial score (nSPS) is 15.6. The van der Waals surface area contributed by atoms with Crippen molar-refractivity contribution in [1.29, 1.82) is 0 Å². The number of carbonyl (C=O) groups excluding carboxylic acids is 1. The van der Waals surface area contributed by atoms with Gasteiger partial charge in [0.2, 0.25) is 5.95 Å². The smallest absolute Gasteiger partial charge is 0.254 e. The van der Waals surface area contributed by atoms with Crippen LogP contribution in [0.4, 0.5) is 23.1 Å². The molecule has 0 bridgehead atoms. The number of aliphatic hydroxyl groups is 1. The third kappa shape index (κ3) is 5.19. The number of benzene rings is 1. The van der Waals surface area contributed by atoms with E-state index in [4.69, 9.17) is 17.3 Å². The predicted octanol–water partition coefficient (Wildman–Crippen LogP) is 3.36. The summed E-state index contributed by atoms with van der Waals surface area (Å²) in [5.74, 6) is -0.123. The average Bonchev–Trinajstić information content (AvgIpc) is 3.29. The average molecular weight is 483 g/mol. The Morgan fingerprint density at radius 1 is 1.32 bits per heavy atom. The second-order valence-electron chi connectivity index (χ2n) is 8.13. The van der Waals surface area contributed by atoms with Crippen molar-refractivity contribution in [2.75, 3.05) is 23.7 Å². The number of piperidine rings is 1. The van der Waals surface area contributed by atoms with E-state index in [-0.39, 0.29) is 23.4 Å². The minimum Gasteiger partial charge on any atom is -0.375 e. The largest absolute Gasteiger partial charge is 0.375 e. The van der Waals surface area contributed by atoms with Gasteiger partial charge in [-0.1, -0.05) is 30.3 Å². The number of nitrogens with one attached hydrogen (secondary N) is 2. The molecule has 11 heteroatoms. The van der Waals surface area contributed by atoms with E-state index < -0.39 is 12.1 Å². The fourth-order valence-electron chi connectivity index (χ4n) is 3.92. The van der Waals surface area contributed by atoms with Crippen molar-refractivity contribution < 1.29 is 9.90 Å². The Bertz CT molecular complexity index is 1170. The lowest BCUT2D eigenvalue weighted by Crippen LogP contribution is -2.40. The number of aliphatic hydroxyl groups excluding tert-OH is 1. The van der Waals surface area contributed by atoms with Crippen LogP contribution in [0, 0.1) is 6.92 Å². The lowest BCUT2D eigenvalue weighted by molar-refractivity contribution is 0.0175. The maximum absolute atomic E-state index is 11.9. The molecule has 1 unspecified atom stereocenters. The third-order valence-corrected chi connectivity index (χ3v) is 6.15. The van der Waals surface area contributed by atoms with Crippen molar-refractivity contribution in [2.45, 2.75) is 32.0 Å². The number of halogens is 1. The van der Waals surface area contributed by atoms with E-state index in [0.29, 0.717) is 16.4 Å². The molecule has 3 heterocycles. The van der Waals surface area contributed by atoms with E-state index in [2.05, 4.69) is 32.3 Å². The van der Waals surface area contributed by atoms with Crippen molar-refractivity contribution in [3.05, 3.63) is 65.6 Å². The van der Waals surface area contributed by atoms with E-state index >= 15 is 0 Å². The van der Waals surface area contributed by atoms with Gasteiger partial charge in [0.1, 0.15) is 17.6 Å². The summed E-state index contributed by atoms with van der Waals surface area (Å²) >= 11 is 6.32. The molecule has 0 aliphatic carbocycles. The number of primary amides is 1. The molecule has 1 fully saturated rings. The Hall–Kier alpha value is -3.47. The molecule has 5 N–H and O–H groups in total. The van der Waals surface area contributed by atoms with Gasteiger partial charge in [-0.2, -0.15) is 10.1 Å². The van der Waals surface area contributed by atoms with Crippen molar-refractivity contribution in [2.24, 2.45) is 5.73 Å². The Balaban J connectivity index is 1.50. The number of aromatic nitrogens is 4. The highest BCUT2D eigenvalue weighted by atomic mass is 35.5. The van der Waals surface area contributed by atoms with Crippen LogP contribution in [0.15, 0.2) is 49.4 Å². The van der Waals surface area contributed by atoms with E-state index in [1.807, 2.05) is 34.8 Å². The molecule has 1 aliphatic heterocycles. The van der Waals surface area contributed by atoms with Gasteiger partial charge >= 0.3 is 0 Å². The lowest BCUT2D eigenvalue weighted by Gasteiger charge is -2.33. The van der Waals surface area contributed by atoms with Crippen molar-refractivity contribution in [3.8, 4) is 0 Å². The Morgan fingerprint density at radius 3 is 2.76 bits per heavy atom. The molecule has 0 spiro atoms. The number of para-hydroxylation sites is 1. The molecule has 1 aromatic carbocycles. The highest BCUT2D eigenvalue weighted by Crippen LogP contribution is 2.30. The summed E-state index contributed by atoms with van der Waals surface area (Å²) in [5.41, 5.74) is 7.90. The summed E-state index contributed by atoms with van der Waals surface area (Å²) in [6.45, 7) is 7.06. The van der Waals surface area contributed by atoms with Crippen LogP contribution in [0.2, 0.25) is 5.02 Å². The van der Waals surface area contributed by atoms with Crippen LogP contribution in [-0.4, -0.2) is 55.0 Å². The Morgan fingerprint density at radius 2 is 2.09 bits per heavy atom. The molecule has 1 aliphatic rings. The van der Waals surface area contributed by atoms with Gasteiger partial charge in [-0.3, -0.25) is 14.4 Å². The molecular formula is C23H27ClN8O2. The van der Waals surface area contributed by atoms with Gasteiger partial charge in [-0.25, -0.2) is 4.98 Å². The van der Waals surface area contributed by atoms with Crippen molar-refractivity contribution in [3.63, 3.8) is 0 Å². The summed E-state index contributed by atoms with van der Waals surface area (Å²) < 4.78 is 1.91. The molecule has 0 radical (unpaired) electrons. The highest BCUT2D eigenvalue weighted by molar-refractivity contribution is 6.33. The van der Waals surface area contributed by atoms with Crippen LogP contribution in [0.5, 0.6) is 0 Å². The molecule has 2 aromatic heterocycles. The molecule has 1 saturated heterocycles. The number of nitrogens with two attached hydrogens (primary N) is 1. The van der Waals surface area contributed by atoms with Crippen LogP contribution >= 0.6 is 11.6 Å². The van der Waals surface area contributed by atoms with Crippen LogP contribution in [0.1, 0.15) is 34.8 Å². The van der Waals surface area contributed by atoms with Crippen LogP contribution < -0.4 is 16.4 Å². The quantitative estimate of drug-likeness (QED) is 0.359. The maximum Gasteiger partial charge on any atom is 0.254 e. The summed E-state index contributed by atoms with van der Waals surface area (Å²) in [5, 5.41) is 21.1. The third-order valence-electron chi connectivity index (χ3n) is 5.84. The second-order valence-corrected chi connectivity index (χ2v) is 8.53. The molecule has 34 heavy (non-hydrogen) atoms. The zero-order valence-corrected chi connectivity index (χ0v) is 19.5. The van der Waals surface area contributed by atoms with E-state index in [1.54, 1.807) is 12.3 Å². The molecule has 1 atom stereocenters. The highest BCUT2D eigenvalue weighted by Gasteiger charge is 2.24. The number of amides is 1. The van der Waals surface area contributed by atoms with Gasteiger partial charge in [0, 0.05) is 25.5 Å². The van der Waals surface area contributed by atoms with Gasteiger partial charge in [0.25, 0.3) is 5.91 Å². The number of aryl methyl sites for hydroxylation is 1. The van der Waals surface area contributed by atoms with Crippen molar-refractivity contribution in [1.82, 2.24) is 24.6 Å². The minimum atomic E-state index is -0.653. The second kappa shape index (κ2) is 10.2. The van der Waals surface area contributed by atoms with Crippen LogP contribution in [0.3, 0.4) is 0 Å². The van der Waals surface area contributed by atoms with Crippen molar-refractivity contribution >= 4 is 40.6 Å². The summed E-state index contributed by atoms with van der Waals surface area (Å²) in [4.78, 5) is 22.6. The minimum absolute atomic E-state index is 0.147. The zero-order valence-electron chi connectivity index (χ0n) is 18.8. The molecule has 4 rings (SSSR count). The molecule has 0 saturated carbocycles. The first-order valence-corrected chi connectivity index (χ1v) is 11.3. The van der Waals surface area contributed by atoms with Crippen LogP contribution in [-0.2, 0) is 0 Å². The monoisotopic (exact) mass is 482 g/mol. The lowest BCUT2D eigenvalue weighted by atomic mass is 10.1. The summed E-state index contributed by atoms with van der Waals surface area (Å²) in [7, 11) is 0. The fraction of sp³-hybridized carbons (Fsp3) is 0.304. The molecule has 1 amide bonds. The predicted molar refractivity (Wildman–Crippen MR) is 132 cm³/mol. The first kappa shape index (κ1) is 23.7. The first-order chi connectivity index (χ1) is 16.4. The zero-order chi connectivity index (χ0) is 24.2. The molecule has 10 nitrogen and oxygen atoms in total. The number of nitrogens with zero attached hydrogens (tertiary/aromatic N) is 5. The van der Waals surface area contributed by atoms with Gasteiger partial charge in [-0.15, -0.1) is 0 Å². The van der Waals surface area contributed by atoms with E-state index in [9.17, 15) is 9.90 Å². The van der Waals surface area contributed by atoms with Gasteiger partial charge < -0.3 is 21.5 Å². The maximum atomic E-state index is 11.9. The fourth-order valence-corrected chi connectivity index (χ4v) is 4.19. The van der Waals surface area contributed by atoms with Crippen LogP contribution in [0.25, 0.3) is 0 Å². The standard InChI is InChI=1S/C23H27ClN8O2/c1-3-19(33)31-9-7-16(8-10-31)32-13-15(11-27-32)28-23-26-12-17(21(25)34)22(30-23)29-20-14(2)5-4-6-18(20)24/h3-6,11-13,16,19,33H,1,7-10H2,2H3,(H2,25,34)(H2,26,28,29,30). The molecule has 3 aromatic rings. The van der Waals surface area contributed by atoms with Gasteiger partial charge in [-0.05, 0) is 37.5 Å². The SMILES string of the molecule is C=CC(O)N1CCC(n2cc(Nc3ncc(C(N)=O)c(Nc4c(C)cccc4Cl)n3)cn2)CC1. The van der Waals surface area contributed by atoms with Gasteiger partial charge in [0.15, 0.2) is 0 Å². The number of hydrogen-bond donors (Lipinski definition) is 4. The number of likely N-dealkylation sites (tertiary alicyclic amines) is 1. The Labute approximate surface area is 202 Å². The topological polar surface area (TPSA) is 134 Å². The molecule has 178 valence electrons. The van der Waals surface area contributed by atoms with E-state index in [1.165, 1.54) is 12.3 Å². The number of hydrogen-bond acceptors (Lipinski definition) is 8. The number of anilines is 4. The first-order valence-electron chi connectivity index (χ1n) is 10.9. The Kier molecular flexibility index (Phi) is 7.11. The number of carbonyl (C=O) groups is 1. The summed E-state index contributed by atoms with van der Waals surface area (Å²) in [6, 6.07) is 5.71. The molecular weight excluding hydrogens is 456 g/mol. The summed E-state index contributed by atoms with van der Waals surface area (Å²) in [6.07, 6.45) is 7.60. The number of rotatable bonds is 8. The van der Waals surface area contributed by atoms with E-state index in [0.717, 1.165) is 31.5 Å². The van der Waals surface area contributed by atoms with Gasteiger partial charge in [0.05, 0.1) is 28.6 Å².